The molecule has 0 saturated carbocycles. The molecule has 0 unspecified atom stereocenters. The fourth-order valence-corrected chi connectivity index (χ4v) is 1.82. The van der Waals surface area contributed by atoms with Crippen LogP contribution in [-0.4, -0.2) is 154 Å². The highest BCUT2D eigenvalue weighted by Crippen LogP contribution is 1.82. The second-order valence-electron chi connectivity index (χ2n) is 6.20. The van der Waals surface area contributed by atoms with Crippen molar-refractivity contribution < 1.29 is 74.2 Å². The van der Waals surface area contributed by atoms with Gasteiger partial charge >= 0.3 is 23.9 Å². The van der Waals surface area contributed by atoms with Gasteiger partial charge in [0.25, 0.3) is 0 Å². The number of rotatable bonds is 19. The summed E-state index contributed by atoms with van der Waals surface area (Å²) in [6.07, 6.45) is 0.623. The molecule has 0 amide bonds. The van der Waals surface area contributed by atoms with Crippen molar-refractivity contribution in [2.45, 2.75) is 25.7 Å². The molecule has 0 aliphatic heterocycles. The summed E-state index contributed by atoms with van der Waals surface area (Å²) >= 11 is 14.7. The van der Waals surface area contributed by atoms with Crippen LogP contribution < -0.4 is 0 Å². The molecule has 0 aromatic rings. The summed E-state index contributed by atoms with van der Waals surface area (Å²) in [5.41, 5.74) is 0. The molecular weight excluding hydrogens is 632 g/mol. The summed E-state index contributed by atoms with van der Waals surface area (Å²) in [6.45, 7) is 2.51. The van der Waals surface area contributed by atoms with Gasteiger partial charge in [0, 0.05) is 23.0 Å². The minimum Gasteiger partial charge on any atom is -0.481 e. The van der Waals surface area contributed by atoms with E-state index in [4.69, 9.17) is 55.1 Å². The first-order valence-electron chi connectivity index (χ1n) is 11.9. The van der Waals surface area contributed by atoms with Gasteiger partial charge in [-0.2, -0.15) is 50.5 Å². The van der Waals surface area contributed by atoms with Crippen LogP contribution in [0, 0.1) is 0 Å². The summed E-state index contributed by atoms with van der Waals surface area (Å²) in [4.78, 5) is 38.2. The van der Waals surface area contributed by atoms with Gasteiger partial charge in [-0.3, -0.25) is 19.2 Å². The Kier molecular flexibility index (Phi) is 70.6. The van der Waals surface area contributed by atoms with Crippen LogP contribution in [0.2, 0.25) is 0 Å². The van der Waals surface area contributed by atoms with E-state index in [1.807, 2.05) is 0 Å². The number of aliphatic carboxylic acids is 4. The van der Waals surface area contributed by atoms with Gasteiger partial charge in [0.15, 0.2) is 0 Å². The molecule has 15 nitrogen and oxygen atoms in total. The zero-order valence-corrected chi connectivity index (χ0v) is 26.5. The van der Waals surface area contributed by atoms with E-state index in [2.05, 4.69) is 50.5 Å². The van der Waals surface area contributed by atoms with E-state index in [1.54, 1.807) is 0 Å². The Morgan fingerprint density at radius 1 is 0.390 bits per heavy atom. The number of carboxylic acids is 4. The average Bonchev–Trinajstić information content (AvgIpc) is 2.89. The van der Waals surface area contributed by atoms with Gasteiger partial charge in [-0.15, -0.1) is 0 Å². The molecule has 8 N–H and O–H groups in total. The fraction of sp³-hybridized carbons (Fsp3) is 0.818. The van der Waals surface area contributed by atoms with Crippen molar-refractivity contribution in [3.63, 3.8) is 0 Å². The van der Waals surface area contributed by atoms with E-state index in [1.165, 1.54) is 0 Å². The highest BCUT2D eigenvalue weighted by Gasteiger charge is 1.91. The third kappa shape index (κ3) is 110. The number of carboxylic acid groups (broad SMARTS) is 4. The molecule has 0 aliphatic carbocycles. The van der Waals surface area contributed by atoms with Gasteiger partial charge < -0.3 is 55.1 Å². The quantitative estimate of drug-likeness (QED) is 0.0610. The maximum absolute atomic E-state index is 9.55. The predicted octanol–water partition coefficient (Wildman–Crippen LogP) is -0.445. The molecular formula is C22H48O15S4. The molecule has 0 saturated heterocycles. The molecule has 41 heavy (non-hydrogen) atoms. The molecule has 0 spiro atoms. The zero-order valence-electron chi connectivity index (χ0n) is 23.0. The Hall–Kier alpha value is -1.00. The first-order chi connectivity index (χ1) is 19.4. The van der Waals surface area contributed by atoms with Gasteiger partial charge in [0.2, 0.25) is 0 Å². The third-order valence-corrected chi connectivity index (χ3v) is 3.51. The largest absolute Gasteiger partial charge is 0.481 e. The lowest BCUT2D eigenvalue weighted by molar-refractivity contribution is -0.137. The number of ether oxygens (including phenoxy) is 3. The van der Waals surface area contributed by atoms with Crippen molar-refractivity contribution in [3.8, 4) is 0 Å². The fourth-order valence-electron chi connectivity index (χ4n) is 1.05. The van der Waals surface area contributed by atoms with Gasteiger partial charge in [0.05, 0.1) is 91.8 Å². The van der Waals surface area contributed by atoms with Crippen LogP contribution in [0.3, 0.4) is 0 Å². The van der Waals surface area contributed by atoms with Crippen LogP contribution in [0.5, 0.6) is 0 Å². The summed E-state index contributed by atoms with van der Waals surface area (Å²) in [5.74, 6) is -1.44. The number of hydrogen-bond donors (Lipinski definition) is 12. The first kappa shape index (κ1) is 52.6. The second-order valence-corrected chi connectivity index (χ2v) is 7.99. The standard InChI is InChI=1S/C8H18O5.4C3H6O2S.C2H6O2/c9-1-3-11-5-7-13-8-6-12-4-2-10;4*4-3(5)1-2-6;3-1-2-4/h9-10H,1-8H2;4*6H,1-2H2,(H,4,5);3-4H,1-2H2. The maximum Gasteiger partial charge on any atom is 0.304 e. The molecule has 0 rings (SSSR count). The molecule has 0 radical (unpaired) electrons. The Bertz CT molecular complexity index is 457. The van der Waals surface area contributed by atoms with E-state index in [0.29, 0.717) is 62.7 Å². The van der Waals surface area contributed by atoms with Crippen molar-refractivity contribution in [1.82, 2.24) is 0 Å². The van der Waals surface area contributed by atoms with E-state index < -0.39 is 23.9 Å². The minimum atomic E-state index is -0.787. The Morgan fingerprint density at radius 2 is 0.585 bits per heavy atom. The van der Waals surface area contributed by atoms with Crippen LogP contribution in [0.25, 0.3) is 0 Å². The van der Waals surface area contributed by atoms with Gasteiger partial charge in [0.1, 0.15) is 0 Å². The minimum absolute atomic E-state index is 0.0413. The van der Waals surface area contributed by atoms with Crippen molar-refractivity contribution >= 4 is 74.4 Å². The highest BCUT2D eigenvalue weighted by molar-refractivity contribution is 7.80. The molecule has 0 aromatic heterocycles. The normalized spacial score (nSPS) is 8.88. The van der Waals surface area contributed by atoms with E-state index in [0.717, 1.165) is 0 Å². The van der Waals surface area contributed by atoms with Crippen LogP contribution >= 0.6 is 50.5 Å². The van der Waals surface area contributed by atoms with Crippen molar-refractivity contribution in [3.05, 3.63) is 0 Å². The first-order valence-corrected chi connectivity index (χ1v) is 14.4. The molecule has 0 atom stereocenters. The lowest BCUT2D eigenvalue weighted by atomic mass is 10.5. The summed E-state index contributed by atoms with van der Waals surface area (Å²) in [6, 6.07) is 0. The second kappa shape index (κ2) is 55.0. The molecule has 0 fully saturated rings. The van der Waals surface area contributed by atoms with E-state index in [-0.39, 0.29) is 52.1 Å². The SMILES string of the molecule is O=C(O)CCS.O=C(O)CCS.O=C(O)CCS.O=C(O)CCS.OCCO.OCCOCCOCCOCCO. The number of carbonyl (C=O) groups is 4. The van der Waals surface area contributed by atoms with Gasteiger partial charge in [-0.25, -0.2) is 0 Å². The Balaban J connectivity index is -0.0000000946. The molecule has 0 aliphatic rings. The lowest BCUT2D eigenvalue weighted by Gasteiger charge is -2.04. The van der Waals surface area contributed by atoms with Crippen LogP contribution in [0.1, 0.15) is 25.7 Å². The van der Waals surface area contributed by atoms with Crippen molar-refractivity contribution in [2.24, 2.45) is 0 Å². The van der Waals surface area contributed by atoms with Crippen LogP contribution in [0.4, 0.5) is 0 Å². The number of aliphatic hydroxyl groups is 4. The number of hydrogen-bond acceptors (Lipinski definition) is 15. The molecule has 19 heteroatoms. The Morgan fingerprint density at radius 3 is 0.683 bits per heavy atom. The monoisotopic (exact) mass is 680 g/mol. The van der Waals surface area contributed by atoms with Gasteiger partial charge in [-0.05, 0) is 0 Å². The molecule has 0 bridgehead atoms. The zero-order chi connectivity index (χ0) is 33.2. The van der Waals surface area contributed by atoms with E-state index >= 15 is 0 Å². The molecule has 0 heterocycles. The Labute approximate surface area is 262 Å². The van der Waals surface area contributed by atoms with Gasteiger partial charge in [-0.1, -0.05) is 0 Å². The van der Waals surface area contributed by atoms with Crippen molar-refractivity contribution in [1.29, 1.82) is 0 Å². The topological polar surface area (TPSA) is 258 Å². The average molecular weight is 681 g/mol. The van der Waals surface area contributed by atoms with Crippen LogP contribution in [-0.2, 0) is 33.4 Å². The lowest BCUT2D eigenvalue weighted by Crippen LogP contribution is -2.11. The summed E-state index contributed by atoms with van der Waals surface area (Å²) in [5, 5.41) is 63.4. The summed E-state index contributed by atoms with van der Waals surface area (Å²) < 4.78 is 15.0. The maximum atomic E-state index is 9.55. The highest BCUT2D eigenvalue weighted by atomic mass is 32.1. The number of thiol groups is 4. The van der Waals surface area contributed by atoms with Crippen molar-refractivity contribution in [2.75, 3.05) is 89.1 Å². The predicted molar refractivity (Wildman–Crippen MR) is 165 cm³/mol. The van der Waals surface area contributed by atoms with Crippen LogP contribution in [0.15, 0.2) is 0 Å². The summed E-state index contributed by atoms with van der Waals surface area (Å²) in [7, 11) is 0. The molecule has 0 aromatic carbocycles. The molecule has 250 valence electrons. The number of aliphatic hydroxyl groups excluding tert-OH is 4. The smallest absolute Gasteiger partial charge is 0.304 e. The third-order valence-electron chi connectivity index (χ3n) is 2.62. The van der Waals surface area contributed by atoms with E-state index in [9.17, 15) is 19.2 Å².